The highest BCUT2D eigenvalue weighted by molar-refractivity contribution is 6.04. The molecule has 1 saturated carbocycles. The molecule has 0 spiro atoms. The molecular weight excluding hydrogens is 509 g/mol. The molecule has 0 saturated heterocycles. The summed E-state index contributed by atoms with van der Waals surface area (Å²) in [7, 11) is 1.77. The highest BCUT2D eigenvalue weighted by Gasteiger charge is 2.33. The number of amides is 1. The van der Waals surface area contributed by atoms with Gasteiger partial charge in [0.25, 0.3) is 5.91 Å². The van der Waals surface area contributed by atoms with Gasteiger partial charge in [0.05, 0.1) is 5.69 Å². The number of rotatable bonds is 6. The number of alkyl halides is 3. The summed E-state index contributed by atoms with van der Waals surface area (Å²) in [5.41, 5.74) is 2.19. The predicted molar refractivity (Wildman–Crippen MR) is 141 cm³/mol. The number of anilines is 2. The van der Waals surface area contributed by atoms with Crippen LogP contribution in [0.4, 0.5) is 24.7 Å². The minimum absolute atomic E-state index is 0.146. The molecule has 8 nitrogen and oxygen atoms in total. The van der Waals surface area contributed by atoms with E-state index in [9.17, 15) is 22.8 Å². The number of carbonyl (C=O) groups excluding carboxylic acids is 2. The average Bonchev–Trinajstić information content (AvgIpc) is 3.79. The van der Waals surface area contributed by atoms with E-state index in [1.165, 1.54) is 6.07 Å². The molecule has 1 amide bonds. The van der Waals surface area contributed by atoms with Crippen LogP contribution in [-0.2, 0) is 11.0 Å². The zero-order valence-electron chi connectivity index (χ0n) is 21.2. The molecular formula is C28H25F3N6O2. The second-order valence-electron chi connectivity index (χ2n) is 8.83. The van der Waals surface area contributed by atoms with Gasteiger partial charge in [-0.3, -0.25) is 9.78 Å². The molecule has 0 unspecified atom stereocenters. The van der Waals surface area contributed by atoms with Crippen molar-refractivity contribution >= 4 is 23.7 Å². The van der Waals surface area contributed by atoms with Gasteiger partial charge in [-0.25, -0.2) is 15.0 Å². The van der Waals surface area contributed by atoms with Gasteiger partial charge in [0.2, 0.25) is 0 Å². The molecule has 39 heavy (non-hydrogen) atoms. The van der Waals surface area contributed by atoms with E-state index in [0.717, 1.165) is 48.1 Å². The van der Waals surface area contributed by atoms with E-state index in [0.29, 0.717) is 28.9 Å². The fourth-order valence-electron chi connectivity index (χ4n) is 3.49. The first-order chi connectivity index (χ1) is 18.7. The number of carbonyl (C=O) groups is 2. The van der Waals surface area contributed by atoms with Crippen molar-refractivity contribution in [3.05, 3.63) is 83.9 Å². The Bertz CT molecular complexity index is 1490. The van der Waals surface area contributed by atoms with Gasteiger partial charge in [-0.15, -0.1) is 0 Å². The number of hydrogen-bond donors (Lipinski definition) is 2. The molecule has 1 aliphatic carbocycles. The first-order valence-corrected chi connectivity index (χ1v) is 12.1. The summed E-state index contributed by atoms with van der Waals surface area (Å²) < 4.78 is 38.8. The van der Waals surface area contributed by atoms with Crippen LogP contribution < -0.4 is 10.6 Å². The van der Waals surface area contributed by atoms with E-state index < -0.39 is 17.8 Å². The molecule has 2 N–H and O–H groups in total. The monoisotopic (exact) mass is 534 g/mol. The molecule has 11 heteroatoms. The summed E-state index contributed by atoms with van der Waals surface area (Å²) in [6.45, 7) is 1.90. The Hall–Kier alpha value is -4.67. The second kappa shape index (κ2) is 11.8. The summed E-state index contributed by atoms with van der Waals surface area (Å²) in [4.78, 5) is 38.6. The second-order valence-corrected chi connectivity index (χ2v) is 8.83. The van der Waals surface area contributed by atoms with E-state index in [1.807, 2.05) is 13.0 Å². The van der Waals surface area contributed by atoms with Crippen molar-refractivity contribution in [3.63, 3.8) is 0 Å². The Morgan fingerprint density at radius 3 is 2.38 bits per heavy atom. The lowest BCUT2D eigenvalue weighted by Crippen LogP contribution is -2.15. The standard InChI is InChI=1S/C24H19F3N6O.C4H6O/c1-14-3-4-17(32-23(34)16-6-8-29-20(11-16)24(25,26)27)13-18(14)19-7-10-31-22(33-19)15-5-9-30-21(12-15)28-2;5-3-4-1-2-4/h3-13H,1-2H3,(H,28,30)(H,32,34);3-4H,1-2H2. The quantitative estimate of drug-likeness (QED) is 0.300. The van der Waals surface area contributed by atoms with Crippen molar-refractivity contribution < 1.29 is 22.8 Å². The van der Waals surface area contributed by atoms with E-state index >= 15 is 0 Å². The van der Waals surface area contributed by atoms with Crippen LogP contribution in [0.25, 0.3) is 22.6 Å². The van der Waals surface area contributed by atoms with Crippen LogP contribution in [0.2, 0.25) is 0 Å². The number of benzene rings is 1. The van der Waals surface area contributed by atoms with Crippen LogP contribution in [0.15, 0.2) is 67.1 Å². The van der Waals surface area contributed by atoms with Gasteiger partial charge in [0, 0.05) is 53.9 Å². The maximum atomic E-state index is 12.9. The summed E-state index contributed by atoms with van der Waals surface area (Å²) in [5, 5.41) is 5.61. The largest absolute Gasteiger partial charge is 0.433 e. The fourth-order valence-corrected chi connectivity index (χ4v) is 3.49. The van der Waals surface area contributed by atoms with Gasteiger partial charge >= 0.3 is 6.18 Å². The topological polar surface area (TPSA) is 110 Å². The maximum Gasteiger partial charge on any atom is 0.433 e. The molecule has 0 atom stereocenters. The van der Waals surface area contributed by atoms with E-state index in [2.05, 4.69) is 30.6 Å². The molecule has 1 fully saturated rings. The van der Waals surface area contributed by atoms with Gasteiger partial charge in [-0.2, -0.15) is 13.2 Å². The minimum Gasteiger partial charge on any atom is -0.373 e. The lowest BCUT2D eigenvalue weighted by Gasteiger charge is -2.12. The van der Waals surface area contributed by atoms with E-state index in [1.54, 1.807) is 49.8 Å². The number of aromatic nitrogens is 4. The van der Waals surface area contributed by atoms with Crippen molar-refractivity contribution in [2.45, 2.75) is 25.9 Å². The summed E-state index contributed by atoms with van der Waals surface area (Å²) in [5.74, 6) is 0.955. The number of aldehydes is 1. The molecule has 1 aliphatic rings. The Labute approximate surface area is 222 Å². The minimum atomic E-state index is -4.64. The number of aryl methyl sites for hydroxylation is 1. The highest BCUT2D eigenvalue weighted by atomic mass is 19.4. The maximum absolute atomic E-state index is 12.9. The van der Waals surface area contributed by atoms with Crippen molar-refractivity contribution in [1.29, 1.82) is 0 Å². The molecule has 3 aromatic heterocycles. The predicted octanol–water partition coefficient (Wildman–Crippen LogP) is 5.82. The Morgan fingerprint density at radius 1 is 0.974 bits per heavy atom. The van der Waals surface area contributed by atoms with Crippen LogP contribution in [0, 0.1) is 12.8 Å². The van der Waals surface area contributed by atoms with Crippen LogP contribution in [-0.4, -0.2) is 39.2 Å². The highest BCUT2D eigenvalue weighted by Crippen LogP contribution is 2.29. The first-order valence-electron chi connectivity index (χ1n) is 12.1. The SMILES string of the molecule is CNc1cc(-c2nccc(-c3cc(NC(=O)c4ccnc(C(F)(F)F)c4)ccc3C)n2)ccn1.O=CC1CC1. The molecule has 200 valence electrons. The average molecular weight is 535 g/mol. The number of halogens is 3. The normalized spacial score (nSPS) is 12.6. The van der Waals surface area contributed by atoms with E-state index in [-0.39, 0.29) is 5.56 Å². The van der Waals surface area contributed by atoms with Crippen LogP contribution >= 0.6 is 0 Å². The Kier molecular flexibility index (Phi) is 8.28. The van der Waals surface area contributed by atoms with Crippen LogP contribution in [0.5, 0.6) is 0 Å². The third kappa shape index (κ3) is 7.22. The first kappa shape index (κ1) is 27.4. The van der Waals surface area contributed by atoms with E-state index in [4.69, 9.17) is 0 Å². The lowest BCUT2D eigenvalue weighted by atomic mass is 10.0. The Balaban J connectivity index is 0.000000634. The zero-order chi connectivity index (χ0) is 28.0. The number of nitrogens with zero attached hydrogens (tertiary/aromatic N) is 4. The molecule has 0 aliphatic heterocycles. The van der Waals surface area contributed by atoms with Crippen LogP contribution in [0.1, 0.15) is 34.5 Å². The molecule has 4 aromatic rings. The van der Waals surface area contributed by atoms with Gasteiger partial charge in [0.1, 0.15) is 17.8 Å². The lowest BCUT2D eigenvalue weighted by molar-refractivity contribution is -0.141. The van der Waals surface area contributed by atoms with Crippen LogP contribution in [0.3, 0.4) is 0 Å². The van der Waals surface area contributed by atoms with Crippen molar-refractivity contribution in [2.24, 2.45) is 5.92 Å². The fraction of sp³-hybridized carbons (Fsp3) is 0.214. The molecule has 5 rings (SSSR count). The zero-order valence-corrected chi connectivity index (χ0v) is 21.2. The molecule has 1 aromatic carbocycles. The molecule has 3 heterocycles. The molecule has 0 bridgehead atoms. The number of nitrogens with one attached hydrogen (secondary N) is 2. The summed E-state index contributed by atoms with van der Waals surface area (Å²) >= 11 is 0. The van der Waals surface area contributed by atoms with Crippen molar-refractivity contribution in [3.8, 4) is 22.6 Å². The third-order valence-corrected chi connectivity index (χ3v) is 5.83. The summed E-state index contributed by atoms with van der Waals surface area (Å²) in [6, 6.07) is 12.5. The van der Waals surface area contributed by atoms with Gasteiger partial charge in [-0.05, 0) is 67.8 Å². The molecule has 0 radical (unpaired) electrons. The van der Waals surface area contributed by atoms with Crippen molar-refractivity contribution in [1.82, 2.24) is 19.9 Å². The van der Waals surface area contributed by atoms with Gasteiger partial charge in [0.15, 0.2) is 5.82 Å². The van der Waals surface area contributed by atoms with Gasteiger partial charge < -0.3 is 15.4 Å². The smallest absolute Gasteiger partial charge is 0.373 e. The third-order valence-electron chi connectivity index (χ3n) is 5.83. The Morgan fingerprint density at radius 2 is 1.72 bits per heavy atom. The van der Waals surface area contributed by atoms with Gasteiger partial charge in [-0.1, -0.05) is 6.07 Å². The summed E-state index contributed by atoms with van der Waals surface area (Å²) in [6.07, 6.45) is 2.92. The van der Waals surface area contributed by atoms with Crippen molar-refractivity contribution in [2.75, 3.05) is 17.7 Å². The number of hydrogen-bond acceptors (Lipinski definition) is 7. The number of pyridine rings is 2.